The first-order valence-corrected chi connectivity index (χ1v) is 9.98. The lowest BCUT2D eigenvalue weighted by Gasteiger charge is -2.38. The number of nitrogens with zero attached hydrogens (tertiary/aromatic N) is 2. The zero-order chi connectivity index (χ0) is 19.0. The van der Waals surface area contributed by atoms with Crippen LogP contribution in [0, 0.1) is 12.8 Å². The summed E-state index contributed by atoms with van der Waals surface area (Å²) < 4.78 is 5.79. The summed E-state index contributed by atoms with van der Waals surface area (Å²) in [5.74, 6) is 0.864. The molecule has 1 fully saturated rings. The van der Waals surface area contributed by atoms with E-state index in [2.05, 4.69) is 11.8 Å². The molecule has 0 radical (unpaired) electrons. The van der Waals surface area contributed by atoms with E-state index in [0.717, 1.165) is 35.1 Å². The number of piperazine rings is 1. The number of anilines is 1. The van der Waals surface area contributed by atoms with Crippen LogP contribution in [0.4, 0.5) is 5.69 Å². The maximum atomic E-state index is 13.0. The van der Waals surface area contributed by atoms with E-state index in [9.17, 15) is 4.79 Å². The van der Waals surface area contributed by atoms with Crippen LogP contribution < -0.4 is 9.64 Å². The number of halogens is 2. The summed E-state index contributed by atoms with van der Waals surface area (Å²) in [5, 5.41) is 1.42. The highest BCUT2D eigenvalue weighted by atomic mass is 35.5. The molecule has 142 valence electrons. The molecule has 2 heterocycles. The first-order chi connectivity index (χ1) is 13.0. The minimum absolute atomic E-state index is 0.143. The normalized spacial score (nSPS) is 19.4. The fourth-order valence-electron chi connectivity index (χ4n) is 3.87. The summed E-state index contributed by atoms with van der Waals surface area (Å²) in [6, 6.07) is 11.6. The Morgan fingerprint density at radius 1 is 1.04 bits per heavy atom. The number of aryl methyl sites for hydroxylation is 1. The van der Waals surface area contributed by atoms with Crippen LogP contribution in [0.1, 0.15) is 11.1 Å². The van der Waals surface area contributed by atoms with Crippen molar-refractivity contribution in [2.45, 2.75) is 13.3 Å². The molecule has 2 aliphatic rings. The molecular formula is C21H22Cl2N2O2. The third-order valence-corrected chi connectivity index (χ3v) is 5.85. The average molecular weight is 405 g/mol. The lowest BCUT2D eigenvalue weighted by Crippen LogP contribution is -2.51. The van der Waals surface area contributed by atoms with Crippen LogP contribution in [0.25, 0.3) is 0 Å². The maximum Gasteiger partial charge on any atom is 0.229 e. The number of benzene rings is 2. The SMILES string of the molecule is Cc1ccc(Cl)cc1N1CCN(C(=O)[C@H]2COc3ccc(Cl)cc3C2)CC1. The van der Waals surface area contributed by atoms with Gasteiger partial charge in [0.25, 0.3) is 0 Å². The summed E-state index contributed by atoms with van der Waals surface area (Å²) in [6.45, 7) is 5.56. The van der Waals surface area contributed by atoms with Gasteiger partial charge in [0.05, 0.1) is 5.92 Å². The number of amides is 1. The van der Waals surface area contributed by atoms with Crippen LogP contribution in [-0.4, -0.2) is 43.6 Å². The van der Waals surface area contributed by atoms with Gasteiger partial charge < -0.3 is 14.5 Å². The summed E-state index contributed by atoms with van der Waals surface area (Å²) in [6.07, 6.45) is 0.683. The molecule has 0 N–H and O–H groups in total. The molecule has 0 bridgehead atoms. The molecular weight excluding hydrogens is 383 g/mol. The number of carbonyl (C=O) groups is 1. The van der Waals surface area contributed by atoms with Gasteiger partial charge in [-0.2, -0.15) is 0 Å². The Hall–Kier alpha value is -1.91. The van der Waals surface area contributed by atoms with Crippen molar-refractivity contribution in [1.29, 1.82) is 0 Å². The quantitative estimate of drug-likeness (QED) is 0.751. The highest BCUT2D eigenvalue weighted by molar-refractivity contribution is 6.31. The molecule has 2 aromatic carbocycles. The van der Waals surface area contributed by atoms with Crippen LogP contribution in [0.15, 0.2) is 36.4 Å². The molecule has 0 aromatic heterocycles. The van der Waals surface area contributed by atoms with Gasteiger partial charge in [0, 0.05) is 41.9 Å². The molecule has 1 saturated heterocycles. The van der Waals surface area contributed by atoms with Crippen LogP contribution in [0.3, 0.4) is 0 Å². The molecule has 0 saturated carbocycles. The monoisotopic (exact) mass is 404 g/mol. The van der Waals surface area contributed by atoms with Crippen LogP contribution >= 0.6 is 23.2 Å². The summed E-state index contributed by atoms with van der Waals surface area (Å²) in [7, 11) is 0. The molecule has 0 spiro atoms. The first-order valence-electron chi connectivity index (χ1n) is 9.22. The average Bonchev–Trinajstić information content (AvgIpc) is 2.69. The van der Waals surface area contributed by atoms with E-state index in [4.69, 9.17) is 27.9 Å². The van der Waals surface area contributed by atoms with Gasteiger partial charge in [-0.1, -0.05) is 29.3 Å². The fraction of sp³-hybridized carbons (Fsp3) is 0.381. The second-order valence-corrected chi connectivity index (χ2v) is 8.08. The van der Waals surface area contributed by atoms with Crippen LogP contribution in [0.5, 0.6) is 5.75 Å². The number of carbonyl (C=O) groups excluding carboxylic acids is 1. The van der Waals surface area contributed by atoms with Gasteiger partial charge in [0.2, 0.25) is 5.91 Å². The zero-order valence-corrected chi connectivity index (χ0v) is 16.8. The van der Waals surface area contributed by atoms with Crippen molar-refractivity contribution < 1.29 is 9.53 Å². The van der Waals surface area contributed by atoms with E-state index in [-0.39, 0.29) is 11.8 Å². The third-order valence-electron chi connectivity index (χ3n) is 5.38. The van der Waals surface area contributed by atoms with Crippen LogP contribution in [-0.2, 0) is 11.2 Å². The summed E-state index contributed by atoms with van der Waals surface area (Å²) >= 11 is 12.2. The van der Waals surface area contributed by atoms with Gasteiger partial charge in [0.15, 0.2) is 0 Å². The molecule has 27 heavy (non-hydrogen) atoms. The molecule has 4 rings (SSSR count). The highest BCUT2D eigenvalue weighted by Crippen LogP contribution is 2.31. The maximum absolute atomic E-state index is 13.0. The Balaban J connectivity index is 1.40. The second kappa shape index (κ2) is 7.61. The number of rotatable bonds is 2. The van der Waals surface area contributed by atoms with Gasteiger partial charge in [-0.15, -0.1) is 0 Å². The second-order valence-electron chi connectivity index (χ2n) is 7.21. The zero-order valence-electron chi connectivity index (χ0n) is 15.3. The highest BCUT2D eigenvalue weighted by Gasteiger charge is 2.31. The Labute approximate surface area is 169 Å². The van der Waals surface area contributed by atoms with Crippen molar-refractivity contribution in [3.8, 4) is 5.75 Å². The van der Waals surface area contributed by atoms with Crippen molar-refractivity contribution in [2.75, 3.05) is 37.7 Å². The number of fused-ring (bicyclic) bond motifs is 1. The minimum Gasteiger partial charge on any atom is -0.492 e. The molecule has 1 amide bonds. The van der Waals surface area contributed by atoms with Crippen molar-refractivity contribution in [3.63, 3.8) is 0 Å². The van der Waals surface area contributed by atoms with Crippen molar-refractivity contribution in [2.24, 2.45) is 5.92 Å². The third kappa shape index (κ3) is 3.87. The molecule has 2 aliphatic heterocycles. The van der Waals surface area contributed by atoms with Gasteiger partial charge >= 0.3 is 0 Å². The number of hydrogen-bond donors (Lipinski definition) is 0. The predicted octanol–water partition coefficient (Wildman–Crippen LogP) is 4.20. The number of hydrogen-bond acceptors (Lipinski definition) is 3. The predicted molar refractivity (Wildman–Crippen MR) is 109 cm³/mol. The molecule has 2 aromatic rings. The topological polar surface area (TPSA) is 32.8 Å². The molecule has 4 nitrogen and oxygen atoms in total. The van der Waals surface area contributed by atoms with E-state index in [1.807, 2.05) is 41.3 Å². The fourth-order valence-corrected chi connectivity index (χ4v) is 4.23. The van der Waals surface area contributed by atoms with E-state index >= 15 is 0 Å². The van der Waals surface area contributed by atoms with Crippen LogP contribution in [0.2, 0.25) is 10.0 Å². The van der Waals surface area contributed by atoms with Gasteiger partial charge in [0.1, 0.15) is 12.4 Å². The minimum atomic E-state index is -0.143. The van der Waals surface area contributed by atoms with E-state index in [1.54, 1.807) is 0 Å². The van der Waals surface area contributed by atoms with Crippen molar-refractivity contribution in [3.05, 3.63) is 57.6 Å². The van der Waals surface area contributed by atoms with Crippen molar-refractivity contribution >= 4 is 34.8 Å². The van der Waals surface area contributed by atoms with E-state index < -0.39 is 0 Å². The Bertz CT molecular complexity index is 863. The van der Waals surface area contributed by atoms with Gasteiger partial charge in [-0.05, 0) is 54.8 Å². The standard InChI is InChI=1S/C21H22Cl2N2O2/c1-14-2-3-18(23)12-19(14)24-6-8-25(9-7-24)21(26)16-10-15-11-17(22)4-5-20(15)27-13-16/h2-5,11-12,16H,6-10,13H2,1H3/t16-/m1/s1. The Morgan fingerprint density at radius 3 is 2.52 bits per heavy atom. The molecule has 0 unspecified atom stereocenters. The van der Waals surface area contributed by atoms with E-state index in [1.165, 1.54) is 5.56 Å². The largest absolute Gasteiger partial charge is 0.492 e. The molecule has 6 heteroatoms. The molecule has 1 atom stereocenters. The Morgan fingerprint density at radius 2 is 1.74 bits per heavy atom. The van der Waals surface area contributed by atoms with E-state index in [0.29, 0.717) is 31.1 Å². The smallest absolute Gasteiger partial charge is 0.229 e. The van der Waals surface area contributed by atoms with Gasteiger partial charge in [-0.25, -0.2) is 0 Å². The lowest BCUT2D eigenvalue weighted by molar-refractivity contribution is -0.137. The lowest BCUT2D eigenvalue weighted by atomic mass is 9.95. The summed E-state index contributed by atoms with van der Waals surface area (Å²) in [4.78, 5) is 17.2. The molecule has 0 aliphatic carbocycles. The number of ether oxygens (including phenoxy) is 1. The van der Waals surface area contributed by atoms with Crippen molar-refractivity contribution in [1.82, 2.24) is 4.90 Å². The van der Waals surface area contributed by atoms with Gasteiger partial charge in [-0.3, -0.25) is 4.79 Å². The Kier molecular flexibility index (Phi) is 5.20. The first kappa shape index (κ1) is 18.5. The summed E-state index contributed by atoms with van der Waals surface area (Å²) in [5.41, 5.74) is 3.37.